The minimum atomic E-state index is -0.819. The third-order valence-corrected chi connectivity index (χ3v) is 9.57. The number of pyridine rings is 1. The van der Waals surface area contributed by atoms with Crippen LogP contribution in [0.15, 0.2) is 36.5 Å². The van der Waals surface area contributed by atoms with Gasteiger partial charge in [-0.3, -0.25) is 4.79 Å². The molecule has 1 aliphatic heterocycles. The van der Waals surface area contributed by atoms with Gasteiger partial charge >= 0.3 is 0 Å². The van der Waals surface area contributed by atoms with Crippen molar-refractivity contribution in [2.75, 3.05) is 13.7 Å². The lowest BCUT2D eigenvalue weighted by Crippen LogP contribution is -2.41. The first-order chi connectivity index (χ1) is 19.0. The Morgan fingerprint density at radius 1 is 1.18 bits per heavy atom. The minimum absolute atomic E-state index is 0.0199. The molecule has 39 heavy (non-hydrogen) atoms. The number of alkyl halides is 1. The largest absolute Gasteiger partial charge is 0.494 e. The van der Waals surface area contributed by atoms with E-state index in [9.17, 15) is 9.18 Å². The molecule has 4 aromatic rings. The maximum atomic E-state index is 14.2. The standard InChI is InChI=1S/C30H33FN6O2/c1-39-25-11-19(30(38)36-15-18-6-7-23(36)26(18)32)9-22-27(25)37(21-12-20(31)13-21)29(34-22)24-10-17-3-2-8-33-28(17)35(24)14-16-4-5-16/h2-3,8-11,16,18,20-21,23,26H,4-7,12-15,32H2,1H3/t18-,20?,21?,23-,26?/m1/s1. The maximum absolute atomic E-state index is 14.2. The number of aromatic nitrogens is 4. The van der Waals surface area contributed by atoms with Crippen LogP contribution in [0.5, 0.6) is 5.75 Å². The number of rotatable bonds is 6. The number of hydrogen-bond acceptors (Lipinski definition) is 5. The number of likely N-dealkylation sites (tertiary alicyclic amines) is 1. The van der Waals surface area contributed by atoms with E-state index >= 15 is 0 Å². The Balaban J connectivity index is 1.30. The molecule has 1 amide bonds. The van der Waals surface area contributed by atoms with E-state index < -0.39 is 6.17 Å². The summed E-state index contributed by atoms with van der Waals surface area (Å²) in [5.41, 5.74) is 10.4. The fourth-order valence-electron chi connectivity index (χ4n) is 7.21. The summed E-state index contributed by atoms with van der Waals surface area (Å²) in [6.45, 7) is 1.59. The summed E-state index contributed by atoms with van der Waals surface area (Å²) in [5.74, 6) is 2.37. The van der Waals surface area contributed by atoms with Gasteiger partial charge in [-0.2, -0.15) is 0 Å². The van der Waals surface area contributed by atoms with Crippen molar-refractivity contribution < 1.29 is 13.9 Å². The van der Waals surface area contributed by atoms with Gasteiger partial charge in [-0.05, 0) is 80.7 Å². The average Bonchev–Trinajstić information content (AvgIpc) is 3.27. The number of ether oxygens (including phenoxy) is 1. The third kappa shape index (κ3) is 3.55. The SMILES string of the molecule is COc1cc(C(=O)N2C[C@H]3CC[C@@H]2C3N)cc2nc(-c3cc4cccnc4n3CC3CC3)n(C3CC(F)C3)c12. The molecule has 0 radical (unpaired) electrons. The smallest absolute Gasteiger partial charge is 0.254 e. The molecule has 1 unspecified atom stereocenters. The van der Waals surface area contributed by atoms with Crippen LogP contribution in [0.4, 0.5) is 4.39 Å². The van der Waals surface area contributed by atoms with Gasteiger partial charge in [0.2, 0.25) is 0 Å². The number of amides is 1. The minimum Gasteiger partial charge on any atom is -0.494 e. The van der Waals surface area contributed by atoms with E-state index in [0.29, 0.717) is 48.1 Å². The Labute approximate surface area is 225 Å². The van der Waals surface area contributed by atoms with Crippen molar-refractivity contribution in [3.05, 3.63) is 42.1 Å². The van der Waals surface area contributed by atoms with E-state index in [1.807, 2.05) is 29.3 Å². The quantitative estimate of drug-likeness (QED) is 0.392. The Morgan fingerprint density at radius 2 is 2.03 bits per heavy atom. The van der Waals surface area contributed by atoms with Gasteiger partial charge in [0, 0.05) is 48.4 Å². The first-order valence-corrected chi connectivity index (χ1v) is 14.3. The highest BCUT2D eigenvalue weighted by Crippen LogP contribution is 2.45. The highest BCUT2D eigenvalue weighted by Gasteiger charge is 2.47. The molecule has 2 bridgehead atoms. The second-order valence-corrected chi connectivity index (χ2v) is 12.0. The zero-order valence-electron chi connectivity index (χ0n) is 22.1. The number of halogens is 1. The summed E-state index contributed by atoms with van der Waals surface area (Å²) in [4.78, 5) is 25.5. The van der Waals surface area contributed by atoms with Gasteiger partial charge < -0.3 is 24.5 Å². The number of imidazole rings is 1. The van der Waals surface area contributed by atoms with Gasteiger partial charge in [0.25, 0.3) is 5.91 Å². The molecule has 3 aliphatic carbocycles. The topological polar surface area (TPSA) is 91.2 Å². The summed E-state index contributed by atoms with van der Waals surface area (Å²) in [6, 6.07) is 10.0. The summed E-state index contributed by atoms with van der Waals surface area (Å²) in [7, 11) is 1.63. The lowest BCUT2D eigenvalue weighted by molar-refractivity contribution is 0.0700. The predicted octanol–water partition coefficient (Wildman–Crippen LogP) is 4.71. The van der Waals surface area contributed by atoms with Crippen molar-refractivity contribution in [3.63, 3.8) is 0 Å². The maximum Gasteiger partial charge on any atom is 0.254 e. The number of nitrogens with two attached hydrogens (primary N) is 1. The number of carbonyl (C=O) groups excluding carboxylic acids is 1. The van der Waals surface area contributed by atoms with Gasteiger partial charge in [-0.25, -0.2) is 14.4 Å². The summed E-state index contributed by atoms with van der Waals surface area (Å²) in [6.07, 6.45) is 6.38. The van der Waals surface area contributed by atoms with Crippen molar-refractivity contribution in [2.45, 2.75) is 69.4 Å². The third-order valence-electron chi connectivity index (χ3n) is 9.57. The zero-order valence-corrected chi connectivity index (χ0v) is 22.1. The normalized spacial score (nSPS) is 28.0. The van der Waals surface area contributed by atoms with E-state index in [4.69, 9.17) is 20.4 Å². The van der Waals surface area contributed by atoms with Gasteiger partial charge in [0.1, 0.15) is 23.1 Å². The fraction of sp³-hybridized carbons (Fsp3) is 0.500. The van der Waals surface area contributed by atoms with Crippen molar-refractivity contribution >= 4 is 28.0 Å². The van der Waals surface area contributed by atoms with E-state index in [1.54, 1.807) is 7.11 Å². The summed E-state index contributed by atoms with van der Waals surface area (Å²) >= 11 is 0. The molecule has 8 rings (SSSR count). The molecule has 3 saturated carbocycles. The van der Waals surface area contributed by atoms with Gasteiger partial charge in [-0.1, -0.05) is 0 Å². The lowest BCUT2D eigenvalue weighted by Gasteiger charge is -2.33. The number of hydrogen-bond donors (Lipinski definition) is 1. The van der Waals surface area contributed by atoms with Gasteiger partial charge in [0.05, 0.1) is 18.3 Å². The molecule has 4 aliphatic rings. The number of methoxy groups -OCH3 is 1. The average molecular weight is 529 g/mol. The molecule has 2 N–H and O–H groups in total. The number of fused-ring (bicyclic) bond motifs is 4. The van der Waals surface area contributed by atoms with Crippen LogP contribution < -0.4 is 10.5 Å². The fourth-order valence-corrected chi connectivity index (χ4v) is 7.21. The van der Waals surface area contributed by atoms with E-state index in [1.165, 1.54) is 12.8 Å². The number of piperidine rings is 1. The molecular formula is C30H33FN6O2. The highest BCUT2D eigenvalue weighted by molar-refractivity contribution is 6.00. The number of nitrogens with zero attached hydrogens (tertiary/aromatic N) is 5. The Hall–Kier alpha value is -3.46. The van der Waals surface area contributed by atoms with Crippen LogP contribution >= 0.6 is 0 Å². The van der Waals surface area contributed by atoms with Crippen LogP contribution in [0.2, 0.25) is 0 Å². The lowest BCUT2D eigenvalue weighted by atomic mass is 9.90. The second-order valence-electron chi connectivity index (χ2n) is 12.0. The molecule has 3 atom stereocenters. The van der Waals surface area contributed by atoms with Crippen LogP contribution in [-0.2, 0) is 6.54 Å². The van der Waals surface area contributed by atoms with Crippen LogP contribution in [0.25, 0.3) is 33.6 Å². The van der Waals surface area contributed by atoms with E-state index in [-0.39, 0.29) is 24.0 Å². The zero-order chi connectivity index (χ0) is 26.4. The molecule has 1 saturated heterocycles. The first-order valence-electron chi connectivity index (χ1n) is 14.3. The van der Waals surface area contributed by atoms with Crippen molar-refractivity contribution in [1.29, 1.82) is 0 Å². The molecule has 3 aromatic heterocycles. The molecule has 4 heterocycles. The molecule has 8 nitrogen and oxygen atoms in total. The Kier molecular flexibility index (Phi) is 5.12. The van der Waals surface area contributed by atoms with Gasteiger partial charge in [-0.15, -0.1) is 0 Å². The molecule has 9 heteroatoms. The van der Waals surface area contributed by atoms with Crippen molar-refractivity contribution in [3.8, 4) is 17.3 Å². The second kappa shape index (κ2) is 8.52. The predicted molar refractivity (Wildman–Crippen MR) is 146 cm³/mol. The van der Waals surface area contributed by atoms with Crippen LogP contribution in [0.1, 0.15) is 54.9 Å². The number of carbonyl (C=O) groups is 1. The Bertz CT molecular complexity index is 1620. The van der Waals surface area contributed by atoms with E-state index in [2.05, 4.69) is 21.3 Å². The highest BCUT2D eigenvalue weighted by atomic mass is 19.1. The van der Waals surface area contributed by atoms with Crippen molar-refractivity contribution in [2.24, 2.45) is 17.6 Å². The van der Waals surface area contributed by atoms with Crippen molar-refractivity contribution in [1.82, 2.24) is 24.0 Å². The van der Waals surface area contributed by atoms with Crippen LogP contribution in [0, 0.1) is 11.8 Å². The van der Waals surface area contributed by atoms with Crippen LogP contribution in [-0.4, -0.2) is 61.8 Å². The van der Waals surface area contributed by atoms with Gasteiger partial charge in [0.15, 0.2) is 5.82 Å². The monoisotopic (exact) mass is 528 g/mol. The molecule has 202 valence electrons. The summed E-state index contributed by atoms with van der Waals surface area (Å²) in [5, 5.41) is 1.06. The molecule has 4 fully saturated rings. The van der Waals surface area contributed by atoms with E-state index in [0.717, 1.165) is 47.5 Å². The first kappa shape index (κ1) is 23.4. The molecular weight excluding hydrogens is 495 g/mol. The molecule has 0 spiro atoms. The summed E-state index contributed by atoms with van der Waals surface area (Å²) < 4.78 is 24.5. The Morgan fingerprint density at radius 3 is 2.72 bits per heavy atom. The molecule has 1 aromatic carbocycles. The van der Waals surface area contributed by atoms with Crippen LogP contribution in [0.3, 0.4) is 0 Å². The number of benzene rings is 1.